The SMILES string of the molecule is S=c1ccc(Oc2ccccc2)c[nH]1.c1ccc2nonc2c1. The number of H-pyrrole nitrogens is 1. The van der Waals surface area contributed by atoms with Gasteiger partial charge in [0.1, 0.15) is 27.2 Å². The highest BCUT2D eigenvalue weighted by Crippen LogP contribution is 2.18. The van der Waals surface area contributed by atoms with Crippen molar-refractivity contribution in [2.75, 3.05) is 0 Å². The summed E-state index contributed by atoms with van der Waals surface area (Å²) in [5, 5.41) is 7.27. The quantitative estimate of drug-likeness (QED) is 0.539. The van der Waals surface area contributed by atoms with Crippen molar-refractivity contribution in [3.05, 3.63) is 77.6 Å². The predicted octanol–water partition coefficient (Wildman–Crippen LogP) is 4.76. The number of ether oxygens (including phenoxy) is 1. The third-order valence-corrected chi connectivity index (χ3v) is 3.15. The number of rotatable bonds is 2. The standard InChI is InChI=1S/C11H9NOS.C6H4N2O/c14-11-7-6-10(8-12-11)13-9-4-2-1-3-5-9;1-2-4-6-5(3-1)7-9-8-6/h1-8H,(H,12,14);1-4H. The smallest absolute Gasteiger partial charge is 0.143 e. The van der Waals surface area contributed by atoms with Crippen LogP contribution in [0, 0.1) is 4.64 Å². The van der Waals surface area contributed by atoms with Gasteiger partial charge in [-0.25, -0.2) is 4.63 Å². The molecule has 1 N–H and O–H groups in total. The lowest BCUT2D eigenvalue weighted by Crippen LogP contribution is -1.84. The van der Waals surface area contributed by atoms with Crippen LogP contribution in [0.2, 0.25) is 0 Å². The zero-order chi connectivity index (χ0) is 15.9. The van der Waals surface area contributed by atoms with Gasteiger partial charge in [0, 0.05) is 6.20 Å². The Morgan fingerprint density at radius 1 is 0.783 bits per heavy atom. The van der Waals surface area contributed by atoms with Crippen molar-refractivity contribution in [3.8, 4) is 11.5 Å². The molecule has 0 saturated carbocycles. The van der Waals surface area contributed by atoms with Crippen LogP contribution in [-0.2, 0) is 0 Å². The lowest BCUT2D eigenvalue weighted by atomic mass is 10.3. The van der Waals surface area contributed by atoms with E-state index < -0.39 is 0 Å². The number of para-hydroxylation sites is 1. The Kier molecular flexibility index (Phi) is 4.76. The Labute approximate surface area is 137 Å². The molecular formula is C17H13N3O2S. The van der Waals surface area contributed by atoms with Crippen LogP contribution >= 0.6 is 12.2 Å². The second-order valence-corrected chi connectivity index (χ2v) is 5.00. The number of pyridine rings is 1. The largest absolute Gasteiger partial charge is 0.456 e. The normalized spacial score (nSPS) is 9.91. The highest BCUT2D eigenvalue weighted by molar-refractivity contribution is 7.71. The van der Waals surface area contributed by atoms with Crippen LogP contribution in [0.3, 0.4) is 0 Å². The van der Waals surface area contributed by atoms with E-state index in [1.165, 1.54) is 0 Å². The average Bonchev–Trinajstić information content (AvgIpc) is 3.07. The average molecular weight is 323 g/mol. The van der Waals surface area contributed by atoms with E-state index in [9.17, 15) is 0 Å². The number of hydrogen-bond donors (Lipinski definition) is 1. The Balaban J connectivity index is 0.000000149. The molecule has 2 heterocycles. The van der Waals surface area contributed by atoms with Crippen LogP contribution in [0.25, 0.3) is 11.0 Å². The van der Waals surface area contributed by atoms with E-state index in [0.29, 0.717) is 4.64 Å². The van der Waals surface area contributed by atoms with Crippen LogP contribution in [0.1, 0.15) is 0 Å². The molecule has 0 fully saturated rings. The number of fused-ring (bicyclic) bond motifs is 1. The van der Waals surface area contributed by atoms with Crippen molar-refractivity contribution < 1.29 is 9.37 Å². The molecule has 0 saturated heterocycles. The van der Waals surface area contributed by atoms with E-state index in [-0.39, 0.29) is 0 Å². The van der Waals surface area contributed by atoms with Gasteiger partial charge in [-0.1, -0.05) is 42.5 Å². The van der Waals surface area contributed by atoms with Crippen LogP contribution in [0.4, 0.5) is 0 Å². The Morgan fingerprint density at radius 3 is 2.04 bits per heavy atom. The van der Waals surface area contributed by atoms with Gasteiger partial charge in [-0.05, 0) is 46.7 Å². The molecule has 0 aliphatic carbocycles. The molecule has 0 unspecified atom stereocenters. The first kappa shape index (κ1) is 14.9. The zero-order valence-electron chi connectivity index (χ0n) is 12.0. The number of nitrogens with zero attached hydrogens (tertiary/aromatic N) is 2. The number of aromatic amines is 1. The molecule has 2 aromatic carbocycles. The fourth-order valence-corrected chi connectivity index (χ4v) is 1.94. The lowest BCUT2D eigenvalue weighted by molar-refractivity contribution is 0.315. The van der Waals surface area contributed by atoms with Crippen molar-refractivity contribution in [2.24, 2.45) is 0 Å². The summed E-state index contributed by atoms with van der Waals surface area (Å²) < 4.78 is 10.7. The fourth-order valence-electron chi connectivity index (χ4n) is 1.81. The van der Waals surface area contributed by atoms with Gasteiger partial charge >= 0.3 is 0 Å². The van der Waals surface area contributed by atoms with E-state index in [4.69, 9.17) is 17.0 Å². The third-order valence-electron chi connectivity index (χ3n) is 2.89. The summed E-state index contributed by atoms with van der Waals surface area (Å²) >= 11 is 4.93. The Hall–Kier alpha value is -2.99. The van der Waals surface area contributed by atoms with Crippen molar-refractivity contribution in [2.45, 2.75) is 0 Å². The zero-order valence-corrected chi connectivity index (χ0v) is 12.9. The number of aromatic nitrogens is 3. The first-order valence-corrected chi connectivity index (χ1v) is 7.31. The molecule has 6 heteroatoms. The van der Waals surface area contributed by atoms with E-state index in [0.717, 1.165) is 22.5 Å². The van der Waals surface area contributed by atoms with Gasteiger partial charge in [-0.15, -0.1) is 0 Å². The van der Waals surface area contributed by atoms with Crippen LogP contribution in [0.5, 0.6) is 11.5 Å². The molecule has 114 valence electrons. The van der Waals surface area contributed by atoms with Crippen molar-refractivity contribution in [1.82, 2.24) is 15.3 Å². The molecular weight excluding hydrogens is 310 g/mol. The monoisotopic (exact) mass is 323 g/mol. The van der Waals surface area contributed by atoms with Gasteiger partial charge in [-0.2, -0.15) is 0 Å². The summed E-state index contributed by atoms with van der Waals surface area (Å²) in [5.41, 5.74) is 1.61. The molecule has 5 nitrogen and oxygen atoms in total. The highest BCUT2D eigenvalue weighted by Gasteiger charge is 1.94. The predicted molar refractivity (Wildman–Crippen MR) is 89.9 cm³/mol. The summed E-state index contributed by atoms with van der Waals surface area (Å²) in [7, 11) is 0. The van der Waals surface area contributed by atoms with E-state index in [1.54, 1.807) is 12.3 Å². The van der Waals surface area contributed by atoms with Gasteiger partial charge in [-0.3, -0.25) is 0 Å². The summed E-state index contributed by atoms with van der Waals surface area (Å²) in [5.74, 6) is 1.57. The van der Waals surface area contributed by atoms with Gasteiger partial charge < -0.3 is 9.72 Å². The first-order valence-electron chi connectivity index (χ1n) is 6.90. The van der Waals surface area contributed by atoms with Crippen LogP contribution in [0.15, 0.2) is 77.6 Å². The molecule has 2 aromatic heterocycles. The summed E-state index contributed by atoms with van der Waals surface area (Å²) in [4.78, 5) is 2.91. The molecule has 0 atom stereocenters. The van der Waals surface area contributed by atoms with Gasteiger partial charge in [0.05, 0.1) is 0 Å². The van der Waals surface area contributed by atoms with Crippen LogP contribution < -0.4 is 4.74 Å². The molecule has 0 aliphatic rings. The van der Waals surface area contributed by atoms with E-state index >= 15 is 0 Å². The van der Waals surface area contributed by atoms with E-state index in [1.807, 2.05) is 60.7 Å². The Bertz CT molecular complexity index is 884. The van der Waals surface area contributed by atoms with Crippen molar-refractivity contribution in [3.63, 3.8) is 0 Å². The topological polar surface area (TPSA) is 63.9 Å². The van der Waals surface area contributed by atoms with Gasteiger partial charge in [0.25, 0.3) is 0 Å². The number of nitrogens with one attached hydrogen (secondary N) is 1. The maximum absolute atomic E-state index is 5.56. The maximum Gasteiger partial charge on any atom is 0.143 e. The second-order valence-electron chi connectivity index (χ2n) is 4.56. The molecule has 0 aliphatic heterocycles. The minimum absolute atomic E-state index is 0.699. The summed E-state index contributed by atoms with van der Waals surface area (Å²) in [6, 6.07) is 20.8. The Morgan fingerprint density at radius 2 is 1.43 bits per heavy atom. The molecule has 0 bridgehead atoms. The molecule has 4 rings (SSSR count). The number of benzene rings is 2. The first-order chi connectivity index (χ1) is 11.3. The third kappa shape index (κ3) is 4.24. The minimum Gasteiger partial charge on any atom is -0.456 e. The minimum atomic E-state index is 0.699. The van der Waals surface area contributed by atoms with Crippen LogP contribution in [-0.4, -0.2) is 15.3 Å². The summed E-state index contributed by atoms with van der Waals surface area (Å²) in [6.07, 6.45) is 1.75. The fraction of sp³-hybridized carbons (Fsp3) is 0. The number of hydrogen-bond acceptors (Lipinski definition) is 5. The second kappa shape index (κ2) is 7.33. The van der Waals surface area contributed by atoms with E-state index in [2.05, 4.69) is 19.9 Å². The lowest BCUT2D eigenvalue weighted by Gasteiger charge is -2.03. The van der Waals surface area contributed by atoms with Gasteiger partial charge in [0.2, 0.25) is 0 Å². The molecule has 0 amide bonds. The van der Waals surface area contributed by atoms with Gasteiger partial charge in [0.15, 0.2) is 0 Å². The molecule has 0 radical (unpaired) electrons. The van der Waals surface area contributed by atoms with Crippen molar-refractivity contribution in [1.29, 1.82) is 0 Å². The molecule has 4 aromatic rings. The van der Waals surface area contributed by atoms with Crippen molar-refractivity contribution >= 4 is 23.3 Å². The molecule has 23 heavy (non-hydrogen) atoms. The molecule has 0 spiro atoms. The maximum atomic E-state index is 5.56. The summed E-state index contributed by atoms with van der Waals surface area (Å²) in [6.45, 7) is 0. The highest BCUT2D eigenvalue weighted by atomic mass is 32.1.